The summed E-state index contributed by atoms with van der Waals surface area (Å²) in [7, 11) is 0. The molecular weight excluding hydrogens is 237 g/mol. The first-order valence-electron chi connectivity index (χ1n) is 4.47. The molecule has 0 aliphatic rings. The summed E-state index contributed by atoms with van der Waals surface area (Å²) < 4.78 is 40.9. The Bertz CT molecular complexity index is 466. The molecule has 0 fully saturated rings. The van der Waals surface area contributed by atoms with Crippen molar-refractivity contribution in [3.8, 4) is 12.1 Å². The summed E-state index contributed by atoms with van der Waals surface area (Å²) in [5, 5.41) is 17.3. The molecule has 1 rings (SSSR count). The fraction of sp³-hybridized carbons (Fsp3) is 0.444. The number of ether oxygens (including phenoxy) is 1. The van der Waals surface area contributed by atoms with Gasteiger partial charge in [0.2, 0.25) is 0 Å². The molecule has 0 amide bonds. The Labute approximate surface area is 94.7 Å². The van der Waals surface area contributed by atoms with Crippen LogP contribution in [0.25, 0.3) is 0 Å². The molecule has 90 valence electrons. The number of alkyl halides is 3. The summed E-state index contributed by atoms with van der Waals surface area (Å²) in [5.41, 5.74) is -0.0357. The van der Waals surface area contributed by atoms with Crippen molar-refractivity contribution in [3.63, 3.8) is 0 Å². The molecule has 17 heavy (non-hydrogen) atoms. The van der Waals surface area contributed by atoms with Crippen molar-refractivity contribution < 1.29 is 17.9 Å². The summed E-state index contributed by atoms with van der Waals surface area (Å²) in [6.07, 6.45) is -3.15. The van der Waals surface area contributed by atoms with Crippen molar-refractivity contribution >= 4 is 0 Å². The molecule has 1 heterocycles. The van der Waals surface area contributed by atoms with Gasteiger partial charge in [0.1, 0.15) is 18.7 Å². The van der Waals surface area contributed by atoms with Crippen LogP contribution in [0.2, 0.25) is 0 Å². The van der Waals surface area contributed by atoms with E-state index in [4.69, 9.17) is 10.5 Å². The molecule has 1 aromatic rings. The molecule has 0 bridgehead atoms. The minimum atomic E-state index is -4.37. The fourth-order valence-electron chi connectivity index (χ4n) is 1.10. The van der Waals surface area contributed by atoms with Gasteiger partial charge in [-0.25, -0.2) is 4.98 Å². The number of imidazole rings is 1. The number of halogens is 3. The van der Waals surface area contributed by atoms with Crippen molar-refractivity contribution in [1.82, 2.24) is 9.55 Å². The largest absolute Gasteiger partial charge is 0.411 e. The Morgan fingerprint density at radius 2 is 2.06 bits per heavy atom. The highest BCUT2D eigenvalue weighted by Gasteiger charge is 2.27. The molecule has 0 aliphatic heterocycles. The molecule has 0 aromatic carbocycles. The van der Waals surface area contributed by atoms with Crippen LogP contribution >= 0.6 is 0 Å². The SMILES string of the molecule is N#Cc1ncn(CCOCC(F)(F)F)c1C#N. The lowest BCUT2D eigenvalue weighted by Crippen LogP contribution is -2.19. The van der Waals surface area contributed by atoms with Gasteiger partial charge in [-0.2, -0.15) is 23.7 Å². The van der Waals surface area contributed by atoms with Gasteiger partial charge in [0, 0.05) is 6.54 Å². The first-order valence-corrected chi connectivity index (χ1v) is 4.47. The first kappa shape index (κ1) is 13.0. The molecule has 0 N–H and O–H groups in total. The van der Waals surface area contributed by atoms with Crippen molar-refractivity contribution in [2.45, 2.75) is 12.7 Å². The molecule has 0 atom stereocenters. The predicted molar refractivity (Wildman–Crippen MR) is 48.5 cm³/mol. The van der Waals surface area contributed by atoms with Crippen molar-refractivity contribution in [3.05, 3.63) is 17.7 Å². The van der Waals surface area contributed by atoms with E-state index in [0.717, 1.165) is 0 Å². The lowest BCUT2D eigenvalue weighted by Gasteiger charge is -2.08. The van der Waals surface area contributed by atoms with Crippen LogP contribution in [0.4, 0.5) is 13.2 Å². The van der Waals surface area contributed by atoms with E-state index in [1.54, 1.807) is 12.1 Å². The van der Waals surface area contributed by atoms with Crippen molar-refractivity contribution in [2.24, 2.45) is 0 Å². The summed E-state index contributed by atoms with van der Waals surface area (Å²) in [5.74, 6) is 0. The van der Waals surface area contributed by atoms with E-state index in [-0.39, 0.29) is 24.5 Å². The standard InChI is InChI=1S/C9H7F3N4O/c10-9(11,12)5-17-2-1-16-6-15-7(3-13)8(16)4-14/h6H,1-2,5H2. The zero-order valence-electron chi connectivity index (χ0n) is 8.53. The number of hydrogen-bond donors (Lipinski definition) is 0. The second-order valence-electron chi connectivity index (χ2n) is 3.03. The highest BCUT2D eigenvalue weighted by Crippen LogP contribution is 2.14. The fourth-order valence-corrected chi connectivity index (χ4v) is 1.10. The normalized spacial score (nSPS) is 10.9. The van der Waals surface area contributed by atoms with Gasteiger partial charge in [-0.3, -0.25) is 0 Å². The minimum Gasteiger partial charge on any atom is -0.370 e. The topological polar surface area (TPSA) is 74.6 Å². The molecule has 1 aromatic heterocycles. The summed E-state index contributed by atoms with van der Waals surface area (Å²) in [4.78, 5) is 3.63. The first-order chi connectivity index (χ1) is 7.98. The maximum Gasteiger partial charge on any atom is 0.411 e. The maximum absolute atomic E-state index is 11.7. The van der Waals surface area contributed by atoms with E-state index < -0.39 is 12.8 Å². The van der Waals surface area contributed by atoms with Gasteiger partial charge in [0.05, 0.1) is 12.9 Å². The lowest BCUT2D eigenvalue weighted by atomic mass is 10.3. The molecule has 0 radical (unpaired) electrons. The average molecular weight is 244 g/mol. The lowest BCUT2D eigenvalue weighted by molar-refractivity contribution is -0.174. The smallest absolute Gasteiger partial charge is 0.370 e. The van der Waals surface area contributed by atoms with Gasteiger partial charge >= 0.3 is 6.18 Å². The Hall–Kier alpha value is -2.06. The van der Waals surface area contributed by atoms with E-state index >= 15 is 0 Å². The van der Waals surface area contributed by atoms with Crippen LogP contribution < -0.4 is 0 Å². The average Bonchev–Trinajstić information content (AvgIpc) is 2.65. The Morgan fingerprint density at radius 3 is 2.59 bits per heavy atom. The van der Waals surface area contributed by atoms with Gasteiger partial charge in [-0.15, -0.1) is 0 Å². The molecule has 0 saturated heterocycles. The number of rotatable bonds is 4. The van der Waals surface area contributed by atoms with Gasteiger partial charge in [0.15, 0.2) is 11.4 Å². The van der Waals surface area contributed by atoms with Crippen LogP contribution in [-0.2, 0) is 11.3 Å². The minimum absolute atomic E-state index is 0.0168. The predicted octanol–water partition coefficient (Wildman–Crippen LogP) is 1.21. The number of nitrogens with zero attached hydrogens (tertiary/aromatic N) is 4. The van der Waals surface area contributed by atoms with Crippen LogP contribution in [0.1, 0.15) is 11.4 Å². The van der Waals surface area contributed by atoms with E-state index in [1.165, 1.54) is 10.9 Å². The van der Waals surface area contributed by atoms with Crippen LogP contribution in [0.5, 0.6) is 0 Å². The quantitative estimate of drug-likeness (QED) is 0.746. The molecule has 0 saturated carbocycles. The van der Waals surface area contributed by atoms with Crippen LogP contribution in [0.3, 0.4) is 0 Å². The third kappa shape index (κ3) is 3.78. The Kier molecular flexibility index (Phi) is 4.07. The van der Waals surface area contributed by atoms with E-state index in [9.17, 15) is 13.2 Å². The third-order valence-electron chi connectivity index (χ3n) is 1.79. The molecule has 5 nitrogen and oxygen atoms in total. The summed E-state index contributed by atoms with van der Waals surface area (Å²) in [6.45, 7) is -1.52. The van der Waals surface area contributed by atoms with Crippen LogP contribution in [0.15, 0.2) is 6.33 Å². The van der Waals surface area contributed by atoms with Crippen molar-refractivity contribution in [1.29, 1.82) is 10.5 Å². The molecule has 0 spiro atoms. The Morgan fingerprint density at radius 1 is 1.35 bits per heavy atom. The zero-order valence-corrected chi connectivity index (χ0v) is 8.53. The van der Waals surface area contributed by atoms with Gasteiger partial charge < -0.3 is 9.30 Å². The van der Waals surface area contributed by atoms with E-state index in [0.29, 0.717) is 0 Å². The van der Waals surface area contributed by atoms with Crippen LogP contribution in [-0.4, -0.2) is 28.9 Å². The van der Waals surface area contributed by atoms with E-state index in [1.807, 2.05) is 0 Å². The highest BCUT2D eigenvalue weighted by molar-refractivity contribution is 5.35. The van der Waals surface area contributed by atoms with Gasteiger partial charge in [-0.05, 0) is 0 Å². The molecule has 0 unspecified atom stereocenters. The molecule has 0 aliphatic carbocycles. The van der Waals surface area contributed by atoms with Crippen molar-refractivity contribution in [2.75, 3.05) is 13.2 Å². The third-order valence-corrected chi connectivity index (χ3v) is 1.79. The second-order valence-corrected chi connectivity index (χ2v) is 3.03. The summed E-state index contributed by atoms with van der Waals surface area (Å²) >= 11 is 0. The number of hydrogen-bond acceptors (Lipinski definition) is 4. The zero-order chi connectivity index (χ0) is 12.9. The number of nitriles is 2. The monoisotopic (exact) mass is 244 g/mol. The van der Waals surface area contributed by atoms with Gasteiger partial charge in [0.25, 0.3) is 0 Å². The highest BCUT2D eigenvalue weighted by atomic mass is 19.4. The molecule has 8 heteroatoms. The maximum atomic E-state index is 11.7. The van der Waals surface area contributed by atoms with Crippen LogP contribution in [0, 0.1) is 22.7 Å². The molecular formula is C9H7F3N4O. The summed E-state index contributed by atoms with van der Waals surface area (Å²) in [6, 6.07) is 3.46. The van der Waals surface area contributed by atoms with Gasteiger partial charge in [-0.1, -0.05) is 0 Å². The Balaban J connectivity index is 2.51. The second kappa shape index (κ2) is 5.32. The number of aromatic nitrogens is 2. The van der Waals surface area contributed by atoms with E-state index in [2.05, 4.69) is 9.72 Å².